The Morgan fingerprint density at radius 3 is 1.36 bits per heavy atom. The van der Waals surface area contributed by atoms with Crippen LogP contribution in [-0.4, -0.2) is 84.7 Å². The van der Waals surface area contributed by atoms with Gasteiger partial charge in [0.25, 0.3) is 16.7 Å². The van der Waals surface area contributed by atoms with Crippen molar-refractivity contribution in [3.8, 4) is 0 Å². The number of aliphatic hydroxyl groups excluding tert-OH is 1. The van der Waals surface area contributed by atoms with Crippen LogP contribution in [-0.2, 0) is 19.7 Å². The van der Waals surface area contributed by atoms with Gasteiger partial charge in [-0.1, -0.05) is 47.7 Å². The lowest BCUT2D eigenvalue weighted by molar-refractivity contribution is 0.399. The molecule has 0 aliphatic carbocycles. The summed E-state index contributed by atoms with van der Waals surface area (Å²) in [5.41, 5.74) is 2.09. The van der Waals surface area contributed by atoms with Gasteiger partial charge in [0.05, 0.1) is 77.5 Å². The average molecular weight is 1100 g/mol. The molecule has 356 valence electrons. The van der Waals surface area contributed by atoms with Crippen LogP contribution in [0.3, 0.4) is 0 Å². The molecule has 0 saturated carbocycles. The lowest BCUT2D eigenvalue weighted by atomic mass is 10.2. The number of halogens is 2. The molecule has 0 spiro atoms. The Morgan fingerprint density at radius 2 is 0.924 bits per heavy atom. The van der Waals surface area contributed by atoms with Gasteiger partial charge in [0, 0.05) is 26.2 Å². The highest BCUT2D eigenvalue weighted by atomic mass is 127. The number of thioether (sulfide) groups is 1. The first-order chi connectivity index (χ1) is 29.8. The van der Waals surface area contributed by atoms with Crippen LogP contribution in [0.5, 0.6) is 0 Å². The standard InChI is InChI=1S/C11H11ClN2O2S.C11H12N2O3S.C11H12N2OS.C8H5IN2O.CH4O.3CH4/c1-7(2)17(15,16)8-3-4-10-9(5-8)11(12)14-6-13-10;1-7(2)17(15,16)8-3-4-10-9(5-8)11(14)13-6-12-10;1-7(2)15-8-3-4-10-9(5-8)11(14)13-6-12-10;9-5-1-2-7-6(3-5)8(12)11-4-10-7;1-2;;;/h3-7H,1-2H3;3-7H,1-2H3,(H,12,13,14);3-7H,1-2H3,(H,12,13,14);1-4H,(H,10,11,12);2H,1H3;3*1H4. The normalized spacial score (nSPS) is 10.8. The highest BCUT2D eigenvalue weighted by Crippen LogP contribution is 2.26. The summed E-state index contributed by atoms with van der Waals surface area (Å²) in [4.78, 5) is 63.3. The van der Waals surface area contributed by atoms with Gasteiger partial charge >= 0.3 is 0 Å². The molecule has 66 heavy (non-hydrogen) atoms. The summed E-state index contributed by atoms with van der Waals surface area (Å²) in [7, 11) is -5.66. The number of aliphatic hydroxyl groups is 1. The molecule has 4 heterocycles. The smallest absolute Gasteiger partial charge is 0.258 e. The first kappa shape index (κ1) is 58.9. The third kappa shape index (κ3) is 14.9. The Bertz CT molecular complexity index is 3280. The maximum atomic E-state index is 12.0. The highest BCUT2D eigenvalue weighted by molar-refractivity contribution is 14.1. The van der Waals surface area contributed by atoms with Gasteiger partial charge in [0.2, 0.25) is 0 Å². The first-order valence-electron chi connectivity index (χ1n) is 18.9. The minimum absolute atomic E-state index is 0. The Balaban J connectivity index is 0.000000431. The van der Waals surface area contributed by atoms with Crippen molar-refractivity contribution in [2.45, 2.75) is 94.3 Å². The molecule has 0 amide bonds. The largest absolute Gasteiger partial charge is 0.400 e. The number of H-pyrrole nitrogens is 3. The fraction of sp³-hybridized carbons (Fsp3) is 0.289. The van der Waals surface area contributed by atoms with Gasteiger partial charge in [-0.15, -0.1) is 11.8 Å². The fourth-order valence-corrected chi connectivity index (χ4v) is 9.12. The summed E-state index contributed by atoms with van der Waals surface area (Å²) in [6.45, 7) is 10.7. The molecular formula is C45H56ClIN8O8S3. The summed E-state index contributed by atoms with van der Waals surface area (Å²) in [6, 6.07) is 20.5. The third-order valence-electron chi connectivity index (χ3n) is 8.65. The molecule has 0 unspecified atom stereocenters. The van der Waals surface area contributed by atoms with E-state index in [0.29, 0.717) is 32.4 Å². The zero-order valence-electron chi connectivity index (χ0n) is 35.0. The zero-order valence-corrected chi connectivity index (χ0v) is 40.4. The van der Waals surface area contributed by atoms with Crippen molar-refractivity contribution in [1.82, 2.24) is 39.9 Å². The molecule has 0 fully saturated rings. The van der Waals surface area contributed by atoms with E-state index in [4.69, 9.17) is 16.7 Å². The molecule has 0 aliphatic heterocycles. The molecule has 0 aliphatic rings. The van der Waals surface area contributed by atoms with Crippen LogP contribution >= 0.6 is 46.0 Å². The minimum atomic E-state index is -3.37. The molecule has 0 saturated heterocycles. The van der Waals surface area contributed by atoms with Crippen LogP contribution in [0.15, 0.2) is 127 Å². The molecule has 16 nitrogen and oxygen atoms in total. The lowest BCUT2D eigenvalue weighted by Crippen LogP contribution is -2.15. The maximum absolute atomic E-state index is 12.0. The van der Waals surface area contributed by atoms with E-state index in [1.54, 1.807) is 57.7 Å². The fourth-order valence-electron chi connectivity index (χ4n) is 5.38. The van der Waals surface area contributed by atoms with E-state index < -0.39 is 30.2 Å². The Labute approximate surface area is 407 Å². The van der Waals surface area contributed by atoms with Gasteiger partial charge in [-0.3, -0.25) is 14.4 Å². The maximum Gasteiger partial charge on any atom is 0.258 e. The van der Waals surface area contributed by atoms with E-state index in [1.807, 2.05) is 36.4 Å². The number of nitrogens with zero attached hydrogens (tertiary/aromatic N) is 5. The van der Waals surface area contributed by atoms with E-state index >= 15 is 0 Å². The van der Waals surface area contributed by atoms with Gasteiger partial charge in [-0.2, -0.15) is 0 Å². The van der Waals surface area contributed by atoms with Gasteiger partial charge in [0.1, 0.15) is 11.5 Å². The second kappa shape index (κ2) is 26.3. The van der Waals surface area contributed by atoms with Crippen molar-refractivity contribution in [1.29, 1.82) is 0 Å². The van der Waals surface area contributed by atoms with Gasteiger partial charge in [-0.05, 0) is 123 Å². The highest BCUT2D eigenvalue weighted by Gasteiger charge is 2.21. The number of hydrogen-bond acceptors (Lipinski definition) is 14. The molecule has 4 aromatic heterocycles. The molecule has 4 aromatic carbocycles. The number of hydrogen-bond donors (Lipinski definition) is 4. The quantitative estimate of drug-likeness (QED) is 0.0689. The van der Waals surface area contributed by atoms with Gasteiger partial charge < -0.3 is 20.1 Å². The van der Waals surface area contributed by atoms with Crippen molar-refractivity contribution in [3.63, 3.8) is 0 Å². The molecule has 8 aromatic rings. The first-order valence-corrected chi connectivity index (χ1v) is 24.3. The molecule has 8 rings (SSSR count). The van der Waals surface area contributed by atoms with E-state index in [9.17, 15) is 31.2 Å². The number of benzene rings is 4. The predicted molar refractivity (Wildman–Crippen MR) is 278 cm³/mol. The second-order valence-corrected chi connectivity index (χ2v) is 22.2. The summed E-state index contributed by atoms with van der Waals surface area (Å²) in [6.07, 6.45) is 5.49. The number of sulfone groups is 2. The number of aromatic nitrogens is 8. The molecule has 0 radical (unpaired) electrons. The van der Waals surface area contributed by atoms with Crippen LogP contribution in [0.1, 0.15) is 63.8 Å². The van der Waals surface area contributed by atoms with Crippen molar-refractivity contribution in [2.24, 2.45) is 0 Å². The topological polar surface area (TPSA) is 252 Å². The number of rotatable bonds is 6. The number of aromatic amines is 3. The van der Waals surface area contributed by atoms with Gasteiger partial charge in [-0.25, -0.2) is 41.8 Å². The van der Waals surface area contributed by atoms with E-state index in [-0.39, 0.29) is 59.3 Å². The lowest BCUT2D eigenvalue weighted by Gasteiger charge is -2.08. The van der Waals surface area contributed by atoms with Crippen LogP contribution in [0.2, 0.25) is 5.15 Å². The van der Waals surface area contributed by atoms with Crippen molar-refractivity contribution >= 4 is 109 Å². The minimum Gasteiger partial charge on any atom is -0.400 e. The zero-order chi connectivity index (χ0) is 46.6. The molecule has 4 N–H and O–H groups in total. The molecule has 0 atom stereocenters. The van der Waals surface area contributed by atoms with Crippen LogP contribution in [0.4, 0.5) is 0 Å². The van der Waals surface area contributed by atoms with Crippen LogP contribution < -0.4 is 16.7 Å². The number of nitrogens with one attached hydrogen (secondary N) is 3. The summed E-state index contributed by atoms with van der Waals surface area (Å²) < 4.78 is 49.0. The Hall–Kier alpha value is -5.13. The molecular weight excluding hydrogens is 1040 g/mol. The van der Waals surface area contributed by atoms with Crippen LogP contribution in [0, 0.1) is 3.57 Å². The predicted octanol–water partition coefficient (Wildman–Crippen LogP) is 9.04. The third-order valence-corrected chi connectivity index (χ3v) is 14.9. The summed E-state index contributed by atoms with van der Waals surface area (Å²) >= 11 is 9.82. The monoisotopic (exact) mass is 1090 g/mol. The summed E-state index contributed by atoms with van der Waals surface area (Å²) in [5, 5.41) is 8.92. The van der Waals surface area contributed by atoms with Crippen LogP contribution in [0.25, 0.3) is 43.6 Å². The Kier molecular flexibility index (Phi) is 23.4. The second-order valence-electron chi connectivity index (χ2n) is 13.9. The SMILES string of the molecule is C.C.C.CC(C)S(=O)(=O)c1ccc2nc[nH]c(=O)c2c1.CC(C)S(=O)(=O)c1ccc2ncnc(Cl)c2c1.CC(C)Sc1ccc2nc[nH]c(=O)c2c1.CO.O=c1[nH]cnc2ccc(I)cc12. The van der Waals surface area contributed by atoms with Crippen molar-refractivity contribution in [2.75, 3.05) is 7.11 Å². The van der Waals surface area contributed by atoms with E-state index in [2.05, 4.69) is 76.3 Å². The van der Waals surface area contributed by atoms with E-state index in [0.717, 1.165) is 26.6 Å². The van der Waals surface area contributed by atoms with E-state index in [1.165, 1.54) is 43.5 Å². The Morgan fingerprint density at radius 1 is 0.545 bits per heavy atom. The van der Waals surface area contributed by atoms with Crippen molar-refractivity contribution < 1.29 is 21.9 Å². The summed E-state index contributed by atoms with van der Waals surface area (Å²) in [5.74, 6) is 0. The molecule has 0 bridgehead atoms. The molecule has 21 heteroatoms. The average Bonchev–Trinajstić information content (AvgIpc) is 3.25. The van der Waals surface area contributed by atoms with Gasteiger partial charge in [0.15, 0.2) is 19.7 Å². The van der Waals surface area contributed by atoms with Crippen molar-refractivity contribution in [3.05, 3.63) is 138 Å². The number of fused-ring (bicyclic) bond motifs is 4.